The summed E-state index contributed by atoms with van der Waals surface area (Å²) >= 11 is 12.0. The third-order valence-corrected chi connectivity index (χ3v) is 3.73. The Morgan fingerprint density at radius 2 is 1.86 bits per heavy atom. The summed E-state index contributed by atoms with van der Waals surface area (Å²) in [6, 6.07) is 12.7. The summed E-state index contributed by atoms with van der Waals surface area (Å²) in [6.45, 7) is 0. The zero-order valence-corrected chi connectivity index (χ0v) is 12.4. The first kappa shape index (κ1) is 13.9. The van der Waals surface area contributed by atoms with E-state index >= 15 is 0 Å². The van der Waals surface area contributed by atoms with Crippen LogP contribution >= 0.6 is 23.2 Å². The fraction of sp³-hybridized carbons (Fsp3) is 0.0667. The minimum Gasteiger partial charge on any atom is -0.398 e. The van der Waals surface area contributed by atoms with E-state index in [9.17, 15) is 0 Å². The summed E-state index contributed by atoms with van der Waals surface area (Å²) in [5, 5.41) is 5.14. The Morgan fingerprint density at radius 1 is 1.05 bits per heavy atom. The summed E-state index contributed by atoms with van der Waals surface area (Å²) in [5.41, 5.74) is 7.92. The van der Waals surface area contributed by atoms with Gasteiger partial charge >= 0.3 is 0 Å². The molecule has 0 atom stereocenters. The highest BCUT2D eigenvalue weighted by atomic mass is 35.5. The van der Waals surface area contributed by atoms with Crippen molar-refractivity contribution in [1.29, 1.82) is 0 Å². The van der Waals surface area contributed by atoms with Crippen LogP contribution in [-0.2, 0) is 6.42 Å². The molecule has 3 aromatic rings. The molecule has 0 spiro atoms. The maximum atomic E-state index is 6.12. The molecule has 0 aliphatic carbocycles. The maximum absolute atomic E-state index is 6.12. The minimum absolute atomic E-state index is 0.403. The summed E-state index contributed by atoms with van der Waals surface area (Å²) in [7, 11) is 0. The summed E-state index contributed by atoms with van der Waals surface area (Å²) in [6.07, 6.45) is 0.506. The molecular formula is C15H11Cl2N3O. The Labute approximate surface area is 131 Å². The van der Waals surface area contributed by atoms with Crippen LogP contribution in [0.5, 0.6) is 0 Å². The van der Waals surface area contributed by atoms with Gasteiger partial charge in [-0.3, -0.25) is 0 Å². The normalized spacial score (nSPS) is 10.8. The average molecular weight is 320 g/mol. The molecule has 4 nitrogen and oxygen atoms in total. The molecule has 106 valence electrons. The molecule has 21 heavy (non-hydrogen) atoms. The van der Waals surface area contributed by atoms with Crippen LogP contribution in [0.2, 0.25) is 10.0 Å². The van der Waals surface area contributed by atoms with Gasteiger partial charge < -0.3 is 10.3 Å². The second kappa shape index (κ2) is 5.76. The van der Waals surface area contributed by atoms with Crippen molar-refractivity contribution in [3.05, 3.63) is 63.9 Å². The van der Waals surface area contributed by atoms with Crippen molar-refractivity contribution >= 4 is 28.9 Å². The van der Waals surface area contributed by atoms with E-state index in [-0.39, 0.29) is 0 Å². The summed E-state index contributed by atoms with van der Waals surface area (Å²) in [4.78, 5) is 4.35. The second-order valence-electron chi connectivity index (χ2n) is 4.52. The molecule has 0 radical (unpaired) electrons. The van der Waals surface area contributed by atoms with E-state index < -0.39 is 0 Å². The number of nitrogens with two attached hydrogens (primary N) is 1. The quantitative estimate of drug-likeness (QED) is 0.734. The molecular weight excluding hydrogens is 309 g/mol. The van der Waals surface area contributed by atoms with Gasteiger partial charge in [0.15, 0.2) is 5.82 Å². The van der Waals surface area contributed by atoms with Gasteiger partial charge in [0.1, 0.15) is 0 Å². The van der Waals surface area contributed by atoms with Crippen LogP contribution in [0.15, 0.2) is 47.0 Å². The number of nitrogen functional groups attached to an aromatic ring is 1. The van der Waals surface area contributed by atoms with Crippen molar-refractivity contribution < 1.29 is 4.52 Å². The first-order valence-corrected chi connectivity index (χ1v) is 7.00. The van der Waals surface area contributed by atoms with Crippen molar-refractivity contribution in [2.45, 2.75) is 6.42 Å². The van der Waals surface area contributed by atoms with Gasteiger partial charge in [-0.2, -0.15) is 4.98 Å². The van der Waals surface area contributed by atoms with E-state index in [1.54, 1.807) is 18.2 Å². The van der Waals surface area contributed by atoms with Gasteiger partial charge in [-0.15, -0.1) is 0 Å². The van der Waals surface area contributed by atoms with E-state index in [2.05, 4.69) is 10.1 Å². The maximum Gasteiger partial charge on any atom is 0.258 e. The van der Waals surface area contributed by atoms with Crippen LogP contribution in [0, 0.1) is 0 Å². The largest absolute Gasteiger partial charge is 0.398 e. The monoisotopic (exact) mass is 319 g/mol. The molecule has 2 N–H and O–H groups in total. The first-order valence-electron chi connectivity index (χ1n) is 6.25. The number of anilines is 1. The highest BCUT2D eigenvalue weighted by Gasteiger charge is 2.11. The second-order valence-corrected chi connectivity index (χ2v) is 5.33. The molecule has 0 unspecified atom stereocenters. The number of aromatic nitrogens is 2. The molecule has 0 amide bonds. The van der Waals surface area contributed by atoms with Crippen molar-refractivity contribution in [1.82, 2.24) is 10.1 Å². The SMILES string of the molecule is Nc1cc(-c2nc(Cc3ccccc3Cl)no2)ccc1Cl. The molecule has 0 aliphatic heterocycles. The van der Waals surface area contributed by atoms with Gasteiger partial charge in [-0.25, -0.2) is 0 Å². The number of rotatable bonds is 3. The van der Waals surface area contributed by atoms with Crippen molar-refractivity contribution in [2.75, 3.05) is 5.73 Å². The lowest BCUT2D eigenvalue weighted by atomic mass is 10.1. The van der Waals surface area contributed by atoms with Crippen LogP contribution in [0.25, 0.3) is 11.5 Å². The van der Waals surface area contributed by atoms with E-state index in [0.29, 0.717) is 33.9 Å². The van der Waals surface area contributed by atoms with Crippen LogP contribution in [0.4, 0.5) is 5.69 Å². The zero-order valence-electron chi connectivity index (χ0n) is 10.9. The fourth-order valence-electron chi connectivity index (χ4n) is 1.93. The molecule has 0 saturated heterocycles. The van der Waals surface area contributed by atoms with Crippen LogP contribution < -0.4 is 5.73 Å². The number of hydrogen-bond donors (Lipinski definition) is 1. The smallest absolute Gasteiger partial charge is 0.258 e. The van der Waals surface area contributed by atoms with Crippen molar-refractivity contribution in [3.8, 4) is 11.5 Å². The third kappa shape index (κ3) is 3.01. The van der Waals surface area contributed by atoms with Crippen LogP contribution in [0.3, 0.4) is 0 Å². The average Bonchev–Trinajstić information content (AvgIpc) is 2.93. The van der Waals surface area contributed by atoms with Gasteiger partial charge in [0, 0.05) is 17.0 Å². The molecule has 3 rings (SSSR count). The molecule has 1 aromatic heterocycles. The number of hydrogen-bond acceptors (Lipinski definition) is 4. The Bertz CT molecular complexity index is 786. The van der Waals surface area contributed by atoms with Gasteiger partial charge in [-0.05, 0) is 29.8 Å². The number of nitrogens with zero attached hydrogens (tertiary/aromatic N) is 2. The molecule has 1 heterocycles. The molecule has 0 bridgehead atoms. The summed E-state index contributed by atoms with van der Waals surface area (Å²) in [5.74, 6) is 0.965. The van der Waals surface area contributed by atoms with E-state index in [1.807, 2.05) is 24.3 Å². The van der Waals surface area contributed by atoms with Crippen LogP contribution in [-0.4, -0.2) is 10.1 Å². The topological polar surface area (TPSA) is 64.9 Å². The number of benzene rings is 2. The zero-order chi connectivity index (χ0) is 14.8. The lowest BCUT2D eigenvalue weighted by molar-refractivity contribution is 0.424. The molecule has 6 heteroatoms. The first-order chi connectivity index (χ1) is 10.1. The Morgan fingerprint density at radius 3 is 2.62 bits per heavy atom. The molecule has 0 fully saturated rings. The van der Waals surface area contributed by atoms with E-state index in [0.717, 1.165) is 11.1 Å². The van der Waals surface area contributed by atoms with Crippen molar-refractivity contribution in [3.63, 3.8) is 0 Å². The Hall–Kier alpha value is -2.04. The third-order valence-electron chi connectivity index (χ3n) is 3.02. The fourth-order valence-corrected chi connectivity index (χ4v) is 2.25. The lowest BCUT2D eigenvalue weighted by Gasteiger charge is -1.99. The minimum atomic E-state index is 0.403. The summed E-state index contributed by atoms with van der Waals surface area (Å²) < 4.78 is 5.25. The number of halogens is 2. The Kier molecular flexibility index (Phi) is 3.82. The van der Waals surface area contributed by atoms with Crippen LogP contribution in [0.1, 0.15) is 11.4 Å². The van der Waals surface area contributed by atoms with E-state index in [1.165, 1.54) is 0 Å². The van der Waals surface area contributed by atoms with E-state index in [4.69, 9.17) is 33.5 Å². The van der Waals surface area contributed by atoms with Crippen molar-refractivity contribution in [2.24, 2.45) is 0 Å². The standard InChI is InChI=1S/C15H11Cl2N3O/c16-11-4-2-1-3-9(11)8-14-19-15(21-20-14)10-5-6-12(17)13(18)7-10/h1-7H,8,18H2. The van der Waals surface area contributed by atoms with Gasteiger partial charge in [0.2, 0.25) is 0 Å². The predicted molar refractivity (Wildman–Crippen MR) is 83.4 cm³/mol. The molecule has 0 aliphatic rings. The molecule has 2 aromatic carbocycles. The predicted octanol–water partition coefficient (Wildman–Crippen LogP) is 4.22. The van der Waals surface area contributed by atoms with Gasteiger partial charge in [0.05, 0.1) is 10.7 Å². The van der Waals surface area contributed by atoms with Gasteiger partial charge in [-0.1, -0.05) is 46.6 Å². The Balaban J connectivity index is 1.86. The highest BCUT2D eigenvalue weighted by Crippen LogP contribution is 2.26. The van der Waals surface area contributed by atoms with Gasteiger partial charge in [0.25, 0.3) is 5.89 Å². The lowest BCUT2D eigenvalue weighted by Crippen LogP contribution is -1.92. The highest BCUT2D eigenvalue weighted by molar-refractivity contribution is 6.33. The molecule has 0 saturated carbocycles.